The first kappa shape index (κ1) is 7.72. The van der Waals surface area contributed by atoms with Crippen LogP contribution < -0.4 is 0 Å². The second-order valence-electron chi connectivity index (χ2n) is 2.17. The maximum atomic E-state index is 10.9. The number of imidazole rings is 1. The molecule has 0 saturated heterocycles. The summed E-state index contributed by atoms with van der Waals surface area (Å²) in [6.07, 6.45) is 6.90. The van der Waals surface area contributed by atoms with Crippen molar-refractivity contribution < 1.29 is 4.79 Å². The molecule has 1 heterocycles. The first-order valence-corrected chi connectivity index (χ1v) is 3.42. The van der Waals surface area contributed by atoms with Crippen molar-refractivity contribution in [3.8, 4) is 0 Å². The predicted octanol–water partition coefficient (Wildman–Crippen LogP) is 1.58. The Morgan fingerprint density at radius 2 is 2.45 bits per heavy atom. The van der Waals surface area contributed by atoms with E-state index in [9.17, 15) is 4.79 Å². The van der Waals surface area contributed by atoms with Crippen LogP contribution in [0.5, 0.6) is 0 Å². The molecule has 0 aliphatic rings. The van der Waals surface area contributed by atoms with Gasteiger partial charge < -0.3 is 0 Å². The Morgan fingerprint density at radius 1 is 1.73 bits per heavy atom. The molecule has 0 aliphatic heterocycles. The highest BCUT2D eigenvalue weighted by Gasteiger charge is 2.00. The van der Waals surface area contributed by atoms with Crippen molar-refractivity contribution in [1.82, 2.24) is 9.55 Å². The summed E-state index contributed by atoms with van der Waals surface area (Å²) in [4.78, 5) is 14.9. The summed E-state index contributed by atoms with van der Waals surface area (Å²) in [6.45, 7) is 3.40. The lowest BCUT2D eigenvalue weighted by atomic mass is 10.5. The topological polar surface area (TPSA) is 34.9 Å². The van der Waals surface area contributed by atoms with Gasteiger partial charge in [-0.05, 0) is 13.0 Å². The molecule has 0 aliphatic carbocycles. The molecule has 0 N–H and O–H groups in total. The monoisotopic (exact) mass is 150 g/mol. The van der Waals surface area contributed by atoms with Gasteiger partial charge in [0.15, 0.2) is 0 Å². The molecule has 3 nitrogen and oxygen atoms in total. The molecular weight excluding hydrogens is 140 g/mol. The number of rotatable bonds is 1. The van der Waals surface area contributed by atoms with Crippen LogP contribution in [0.15, 0.2) is 18.5 Å². The lowest BCUT2D eigenvalue weighted by molar-refractivity contribution is 0.0935. The van der Waals surface area contributed by atoms with Crippen LogP contribution in [-0.2, 0) is 0 Å². The number of hydrogen-bond donors (Lipinski definition) is 0. The van der Waals surface area contributed by atoms with E-state index in [1.54, 1.807) is 18.5 Å². The van der Waals surface area contributed by atoms with Gasteiger partial charge in [-0.2, -0.15) is 0 Å². The number of hydrogen-bond acceptors (Lipinski definition) is 2. The maximum Gasteiger partial charge on any atom is 0.229 e. The van der Waals surface area contributed by atoms with E-state index < -0.39 is 0 Å². The SMILES string of the molecule is C/C=C/c1nccn1C(C)=O. The molecule has 0 spiro atoms. The smallest absolute Gasteiger partial charge is 0.229 e. The normalized spacial score (nSPS) is 10.7. The lowest BCUT2D eigenvalue weighted by Crippen LogP contribution is -2.05. The van der Waals surface area contributed by atoms with Crippen molar-refractivity contribution in [2.45, 2.75) is 13.8 Å². The van der Waals surface area contributed by atoms with E-state index in [-0.39, 0.29) is 5.91 Å². The van der Waals surface area contributed by atoms with Crippen molar-refractivity contribution in [3.05, 3.63) is 24.3 Å². The molecule has 3 heteroatoms. The average Bonchev–Trinajstić information content (AvgIpc) is 2.36. The summed E-state index contributed by atoms with van der Waals surface area (Å²) in [5.41, 5.74) is 0. The number of nitrogens with zero attached hydrogens (tertiary/aromatic N) is 2. The molecule has 58 valence electrons. The van der Waals surface area contributed by atoms with Gasteiger partial charge in [-0.1, -0.05) is 6.08 Å². The van der Waals surface area contributed by atoms with Crippen LogP contribution >= 0.6 is 0 Å². The minimum atomic E-state index is -0.0180. The summed E-state index contributed by atoms with van der Waals surface area (Å²) in [7, 11) is 0. The van der Waals surface area contributed by atoms with Gasteiger partial charge >= 0.3 is 0 Å². The molecule has 11 heavy (non-hydrogen) atoms. The summed E-state index contributed by atoms with van der Waals surface area (Å²) in [5, 5.41) is 0. The fourth-order valence-electron chi connectivity index (χ4n) is 0.854. The Kier molecular flexibility index (Phi) is 2.21. The number of allylic oxidation sites excluding steroid dienone is 1. The molecule has 0 saturated carbocycles. The quantitative estimate of drug-likeness (QED) is 0.609. The number of carbonyl (C=O) groups excluding carboxylic acids is 1. The molecule has 0 fully saturated rings. The molecule has 1 aromatic rings. The van der Waals surface area contributed by atoms with E-state index in [0.717, 1.165) is 0 Å². The number of carbonyl (C=O) groups is 1. The first-order valence-electron chi connectivity index (χ1n) is 3.42. The highest BCUT2D eigenvalue weighted by molar-refractivity contribution is 5.78. The van der Waals surface area contributed by atoms with E-state index in [2.05, 4.69) is 4.98 Å². The van der Waals surface area contributed by atoms with Crippen molar-refractivity contribution in [2.75, 3.05) is 0 Å². The van der Waals surface area contributed by atoms with Crippen LogP contribution in [0, 0.1) is 0 Å². The Morgan fingerprint density at radius 3 is 3.00 bits per heavy atom. The van der Waals surface area contributed by atoms with Crippen LogP contribution in [-0.4, -0.2) is 15.5 Å². The zero-order valence-electron chi connectivity index (χ0n) is 6.61. The van der Waals surface area contributed by atoms with Gasteiger partial charge in [0, 0.05) is 19.3 Å². The van der Waals surface area contributed by atoms with Crippen LogP contribution in [0.4, 0.5) is 0 Å². The fourth-order valence-corrected chi connectivity index (χ4v) is 0.854. The third-order valence-electron chi connectivity index (χ3n) is 1.32. The van der Waals surface area contributed by atoms with Gasteiger partial charge in [0.25, 0.3) is 0 Å². The molecule has 0 radical (unpaired) electrons. The van der Waals surface area contributed by atoms with Gasteiger partial charge in [0.1, 0.15) is 5.82 Å². The van der Waals surface area contributed by atoms with Gasteiger partial charge in [-0.15, -0.1) is 0 Å². The van der Waals surface area contributed by atoms with Crippen molar-refractivity contribution in [3.63, 3.8) is 0 Å². The predicted molar refractivity (Wildman–Crippen MR) is 43.2 cm³/mol. The Hall–Kier alpha value is -1.38. The Labute approximate surface area is 65.4 Å². The van der Waals surface area contributed by atoms with Gasteiger partial charge in [-0.3, -0.25) is 9.36 Å². The van der Waals surface area contributed by atoms with E-state index in [4.69, 9.17) is 0 Å². The van der Waals surface area contributed by atoms with Gasteiger partial charge in [-0.25, -0.2) is 4.98 Å². The maximum absolute atomic E-state index is 10.9. The minimum absolute atomic E-state index is 0.0180. The minimum Gasteiger partial charge on any atom is -0.274 e. The highest BCUT2D eigenvalue weighted by atomic mass is 16.1. The first-order chi connectivity index (χ1) is 5.25. The Bertz CT molecular complexity index is 286. The van der Waals surface area contributed by atoms with E-state index >= 15 is 0 Å². The van der Waals surface area contributed by atoms with Crippen LogP contribution in [0.25, 0.3) is 6.08 Å². The molecular formula is C8H10N2O. The molecule has 0 aromatic carbocycles. The molecule has 0 bridgehead atoms. The summed E-state index contributed by atoms with van der Waals surface area (Å²) in [6, 6.07) is 0. The molecule has 0 atom stereocenters. The number of aromatic nitrogens is 2. The summed E-state index contributed by atoms with van der Waals surface area (Å²) >= 11 is 0. The lowest BCUT2D eigenvalue weighted by Gasteiger charge is -1.95. The summed E-state index contributed by atoms with van der Waals surface area (Å²) < 4.78 is 1.50. The molecule has 1 rings (SSSR count). The molecule has 0 unspecified atom stereocenters. The fraction of sp³-hybridized carbons (Fsp3) is 0.250. The van der Waals surface area contributed by atoms with E-state index in [0.29, 0.717) is 5.82 Å². The van der Waals surface area contributed by atoms with Crippen LogP contribution in [0.1, 0.15) is 24.5 Å². The van der Waals surface area contributed by atoms with Crippen molar-refractivity contribution >= 4 is 12.0 Å². The van der Waals surface area contributed by atoms with E-state index in [1.807, 2.05) is 13.0 Å². The van der Waals surface area contributed by atoms with Gasteiger partial charge in [0.2, 0.25) is 5.91 Å². The second kappa shape index (κ2) is 3.14. The summed E-state index contributed by atoms with van der Waals surface area (Å²) in [5.74, 6) is 0.663. The zero-order valence-corrected chi connectivity index (χ0v) is 6.61. The van der Waals surface area contributed by atoms with E-state index in [1.165, 1.54) is 11.5 Å². The van der Waals surface area contributed by atoms with Crippen LogP contribution in [0.2, 0.25) is 0 Å². The van der Waals surface area contributed by atoms with Crippen LogP contribution in [0.3, 0.4) is 0 Å². The molecule has 0 amide bonds. The highest BCUT2D eigenvalue weighted by Crippen LogP contribution is 1.99. The third-order valence-corrected chi connectivity index (χ3v) is 1.32. The third kappa shape index (κ3) is 1.55. The zero-order chi connectivity index (χ0) is 8.27. The van der Waals surface area contributed by atoms with Gasteiger partial charge in [0.05, 0.1) is 0 Å². The largest absolute Gasteiger partial charge is 0.274 e. The van der Waals surface area contributed by atoms with Crippen molar-refractivity contribution in [2.24, 2.45) is 0 Å². The molecule has 1 aromatic heterocycles. The standard InChI is InChI=1S/C8H10N2O/c1-3-4-8-9-5-6-10(8)7(2)11/h3-6H,1-2H3/b4-3+. The van der Waals surface area contributed by atoms with Crippen molar-refractivity contribution in [1.29, 1.82) is 0 Å². The Balaban J connectivity index is 3.05. The average molecular weight is 150 g/mol. The second-order valence-corrected chi connectivity index (χ2v) is 2.17.